The highest BCUT2D eigenvalue weighted by molar-refractivity contribution is 5.76. The van der Waals surface area contributed by atoms with Gasteiger partial charge in [-0.2, -0.15) is 0 Å². The molecule has 0 aliphatic carbocycles. The monoisotopic (exact) mass is 691 g/mol. The predicted octanol–water partition coefficient (Wildman–Crippen LogP) is 12.9. The number of hydrogen-bond donors (Lipinski definition) is 0. The van der Waals surface area contributed by atoms with Crippen LogP contribution in [-0.4, -0.2) is 61.5 Å². The van der Waals surface area contributed by atoms with Gasteiger partial charge in [0.1, 0.15) is 0 Å². The van der Waals surface area contributed by atoms with Gasteiger partial charge in [0.2, 0.25) is 5.91 Å². The summed E-state index contributed by atoms with van der Waals surface area (Å²) in [6, 6.07) is 0.365. The summed E-state index contributed by atoms with van der Waals surface area (Å²) in [5, 5.41) is 0. The summed E-state index contributed by atoms with van der Waals surface area (Å²) in [6.45, 7) is 13.2. The quantitative estimate of drug-likeness (QED) is 0.0367. The molecule has 0 saturated carbocycles. The zero-order chi connectivity index (χ0) is 36.2. The van der Waals surface area contributed by atoms with Gasteiger partial charge in [-0.3, -0.25) is 9.59 Å². The van der Waals surface area contributed by atoms with Gasteiger partial charge in [-0.15, -0.1) is 6.58 Å². The van der Waals surface area contributed by atoms with E-state index in [0.29, 0.717) is 37.3 Å². The first-order valence-corrected chi connectivity index (χ1v) is 21.6. The van der Waals surface area contributed by atoms with E-state index in [1.54, 1.807) is 0 Å². The van der Waals surface area contributed by atoms with Crippen LogP contribution in [0.15, 0.2) is 12.7 Å². The fraction of sp³-hybridized carbons (Fsp3) is 0.909. The molecule has 0 heterocycles. The molecule has 0 aromatic heterocycles. The van der Waals surface area contributed by atoms with Crippen molar-refractivity contribution < 1.29 is 14.3 Å². The van der Waals surface area contributed by atoms with E-state index in [1.807, 2.05) is 6.08 Å². The largest absolute Gasteiger partial charge is 0.466 e. The van der Waals surface area contributed by atoms with Gasteiger partial charge in [0.05, 0.1) is 6.61 Å². The molecule has 0 rings (SSSR count). The minimum Gasteiger partial charge on any atom is -0.466 e. The van der Waals surface area contributed by atoms with Crippen molar-refractivity contribution in [2.75, 3.05) is 33.8 Å². The predicted molar refractivity (Wildman–Crippen MR) is 214 cm³/mol. The molecule has 5 heteroatoms. The molecule has 0 aliphatic rings. The van der Waals surface area contributed by atoms with Crippen LogP contribution < -0.4 is 0 Å². The van der Waals surface area contributed by atoms with Crippen LogP contribution in [0.1, 0.15) is 213 Å². The number of carbonyl (C=O) groups excluding carboxylic acids is 2. The first kappa shape index (κ1) is 47.6. The molecular weight excluding hydrogens is 604 g/mol. The normalized spacial score (nSPS) is 12.1. The zero-order valence-electron chi connectivity index (χ0n) is 33.9. The first-order valence-electron chi connectivity index (χ1n) is 21.6. The maximum Gasteiger partial charge on any atom is 0.305 e. The van der Waals surface area contributed by atoms with E-state index in [2.05, 4.69) is 51.2 Å². The number of esters is 1. The van der Waals surface area contributed by atoms with E-state index in [-0.39, 0.29) is 5.97 Å². The van der Waals surface area contributed by atoms with Gasteiger partial charge in [-0.25, -0.2) is 0 Å². The highest BCUT2D eigenvalue weighted by Gasteiger charge is 2.22. The topological polar surface area (TPSA) is 49.9 Å². The van der Waals surface area contributed by atoms with E-state index in [1.165, 1.54) is 116 Å². The van der Waals surface area contributed by atoms with Crippen LogP contribution in [-0.2, 0) is 14.3 Å². The van der Waals surface area contributed by atoms with E-state index < -0.39 is 0 Å². The third kappa shape index (κ3) is 31.1. The zero-order valence-corrected chi connectivity index (χ0v) is 33.9. The molecule has 0 spiro atoms. The summed E-state index contributed by atoms with van der Waals surface area (Å²) in [6.07, 6.45) is 37.0. The third-order valence-corrected chi connectivity index (χ3v) is 10.3. The Hall–Kier alpha value is -1.36. The molecule has 0 aromatic carbocycles. The third-order valence-electron chi connectivity index (χ3n) is 10.3. The summed E-state index contributed by atoms with van der Waals surface area (Å²) in [4.78, 5) is 30.5. The van der Waals surface area contributed by atoms with E-state index in [9.17, 15) is 9.59 Å². The summed E-state index contributed by atoms with van der Waals surface area (Å²) < 4.78 is 5.67. The van der Waals surface area contributed by atoms with Crippen LogP contribution in [0.4, 0.5) is 0 Å². The van der Waals surface area contributed by atoms with Gasteiger partial charge in [-0.1, -0.05) is 155 Å². The molecule has 0 N–H and O–H groups in total. The number of nitrogens with zero attached hydrogens (tertiary/aromatic N) is 2. The van der Waals surface area contributed by atoms with E-state index >= 15 is 0 Å². The lowest BCUT2D eigenvalue weighted by atomic mass is 9.92. The second-order valence-corrected chi connectivity index (χ2v) is 15.4. The molecule has 1 unspecified atom stereocenters. The fourth-order valence-electron chi connectivity index (χ4n) is 7.13. The molecule has 1 atom stereocenters. The standard InChI is InChI=1S/C44H86N2O3/c1-7-11-15-17-18-19-21-27-34-42(33-26-16-12-8-2)46(43(47)35-30-38-45(5)6)39-29-23-20-22-28-36-44(48)49-40-37-41(31-24-13-9-3)32-25-14-10-4/h8,41-42H,2,7,9-40H2,1,3-6H3. The van der Waals surface area contributed by atoms with Gasteiger partial charge in [-0.05, 0) is 77.9 Å². The first-order chi connectivity index (χ1) is 23.9. The molecule has 5 nitrogen and oxygen atoms in total. The molecule has 0 fully saturated rings. The number of unbranched alkanes of at least 4 members (excludes halogenated alkanes) is 17. The van der Waals surface area contributed by atoms with E-state index in [0.717, 1.165) is 77.3 Å². The van der Waals surface area contributed by atoms with Crippen molar-refractivity contribution in [1.29, 1.82) is 0 Å². The summed E-state index contributed by atoms with van der Waals surface area (Å²) in [5.74, 6) is 1.05. The van der Waals surface area contributed by atoms with Crippen molar-refractivity contribution in [2.24, 2.45) is 5.92 Å². The molecule has 0 aromatic rings. The molecule has 49 heavy (non-hydrogen) atoms. The molecule has 0 bridgehead atoms. The van der Waals surface area contributed by atoms with Gasteiger partial charge in [0.25, 0.3) is 0 Å². The van der Waals surface area contributed by atoms with Gasteiger partial charge < -0.3 is 14.5 Å². The maximum atomic E-state index is 13.6. The summed E-state index contributed by atoms with van der Waals surface area (Å²) in [5.41, 5.74) is 0. The number of carbonyl (C=O) groups is 2. The molecule has 0 radical (unpaired) electrons. The SMILES string of the molecule is C=CCCCCC(CCCCCCCCCC)N(CCCCCCCC(=O)OCCC(CCCCC)CCCCC)C(=O)CCCN(C)C. The van der Waals surface area contributed by atoms with Crippen molar-refractivity contribution in [3.8, 4) is 0 Å². The molecule has 1 amide bonds. The Morgan fingerprint density at radius 2 is 1.08 bits per heavy atom. The van der Waals surface area contributed by atoms with Crippen LogP contribution in [0.25, 0.3) is 0 Å². The summed E-state index contributed by atoms with van der Waals surface area (Å²) >= 11 is 0. The second-order valence-electron chi connectivity index (χ2n) is 15.4. The lowest BCUT2D eigenvalue weighted by Crippen LogP contribution is -2.41. The summed E-state index contributed by atoms with van der Waals surface area (Å²) in [7, 11) is 4.18. The Balaban J connectivity index is 4.74. The van der Waals surface area contributed by atoms with Gasteiger partial charge in [0.15, 0.2) is 0 Å². The fourth-order valence-corrected chi connectivity index (χ4v) is 7.13. The van der Waals surface area contributed by atoms with Crippen molar-refractivity contribution in [1.82, 2.24) is 9.80 Å². The average Bonchev–Trinajstić information content (AvgIpc) is 3.08. The van der Waals surface area contributed by atoms with Gasteiger partial charge >= 0.3 is 5.97 Å². The Labute approximate surface area is 307 Å². The molecular formula is C44H86N2O3. The minimum atomic E-state index is -0.0179. The van der Waals surface area contributed by atoms with Crippen molar-refractivity contribution >= 4 is 11.9 Å². The second kappa shape index (κ2) is 36.4. The Bertz CT molecular complexity index is 730. The van der Waals surface area contributed by atoms with Crippen LogP contribution in [0.3, 0.4) is 0 Å². The number of allylic oxidation sites excluding steroid dienone is 1. The van der Waals surface area contributed by atoms with Crippen molar-refractivity contribution in [3.05, 3.63) is 12.7 Å². The van der Waals surface area contributed by atoms with Crippen LogP contribution in [0.5, 0.6) is 0 Å². The van der Waals surface area contributed by atoms with Crippen LogP contribution in [0, 0.1) is 5.92 Å². The van der Waals surface area contributed by atoms with Gasteiger partial charge in [0, 0.05) is 25.4 Å². The number of ether oxygens (including phenoxy) is 1. The highest BCUT2D eigenvalue weighted by atomic mass is 16.5. The highest BCUT2D eigenvalue weighted by Crippen LogP contribution is 2.23. The maximum absolute atomic E-state index is 13.6. The Morgan fingerprint density at radius 3 is 1.67 bits per heavy atom. The number of rotatable bonds is 38. The van der Waals surface area contributed by atoms with Crippen LogP contribution in [0.2, 0.25) is 0 Å². The number of amides is 1. The molecule has 0 saturated heterocycles. The van der Waals surface area contributed by atoms with Crippen LogP contribution >= 0.6 is 0 Å². The van der Waals surface area contributed by atoms with E-state index in [4.69, 9.17) is 4.74 Å². The lowest BCUT2D eigenvalue weighted by Gasteiger charge is -2.33. The Kier molecular flexibility index (Phi) is 35.4. The Morgan fingerprint density at radius 1 is 0.571 bits per heavy atom. The smallest absolute Gasteiger partial charge is 0.305 e. The number of hydrogen-bond acceptors (Lipinski definition) is 4. The van der Waals surface area contributed by atoms with Crippen molar-refractivity contribution in [3.63, 3.8) is 0 Å². The molecule has 290 valence electrons. The molecule has 0 aliphatic heterocycles. The lowest BCUT2D eigenvalue weighted by molar-refractivity contribution is -0.144. The average molecular weight is 691 g/mol. The van der Waals surface area contributed by atoms with Crippen molar-refractivity contribution in [2.45, 2.75) is 219 Å². The minimum absolute atomic E-state index is 0.0179.